The molecule has 0 aliphatic carbocycles. The van der Waals surface area contributed by atoms with Crippen LogP contribution in [0.4, 0.5) is 0 Å². The van der Waals surface area contributed by atoms with Crippen LogP contribution in [-0.2, 0) is 11.4 Å². The fourth-order valence-corrected chi connectivity index (χ4v) is 2.25. The number of hydrogen-bond donors (Lipinski definition) is 1. The molecule has 0 amide bonds. The summed E-state index contributed by atoms with van der Waals surface area (Å²) < 4.78 is 20.5. The van der Waals surface area contributed by atoms with Crippen molar-refractivity contribution in [2.45, 2.75) is 38.5 Å². The van der Waals surface area contributed by atoms with E-state index in [0.29, 0.717) is 16.2 Å². The minimum Gasteiger partial charge on any atom is -0.598 e. The van der Waals surface area contributed by atoms with Crippen molar-refractivity contribution in [2.24, 2.45) is 0 Å². The first-order valence-corrected chi connectivity index (χ1v) is 7.44. The molecule has 1 heterocycles. The molecule has 0 fully saturated rings. The molecule has 0 aliphatic rings. The molecule has 0 saturated heterocycles. The van der Waals surface area contributed by atoms with Gasteiger partial charge in [0, 0.05) is 11.4 Å². The van der Waals surface area contributed by atoms with Crippen molar-refractivity contribution in [3.05, 3.63) is 16.5 Å². The van der Waals surface area contributed by atoms with Crippen LogP contribution < -0.4 is 9.46 Å². The van der Waals surface area contributed by atoms with Crippen LogP contribution in [-0.4, -0.2) is 26.4 Å². The monoisotopic (exact) mass is 335 g/mol. The van der Waals surface area contributed by atoms with E-state index >= 15 is 0 Å². The highest BCUT2D eigenvalue weighted by molar-refractivity contribution is 9.10. The van der Waals surface area contributed by atoms with Crippen molar-refractivity contribution in [1.82, 2.24) is 14.7 Å². The number of nitrogens with one attached hydrogen (secondary N) is 1. The Balaban J connectivity index is 2.87. The van der Waals surface area contributed by atoms with E-state index in [1.165, 1.54) is 7.11 Å². The quantitative estimate of drug-likeness (QED) is 0.855. The zero-order chi connectivity index (χ0) is 13.9. The van der Waals surface area contributed by atoms with Gasteiger partial charge in [0.1, 0.15) is 15.0 Å². The van der Waals surface area contributed by atoms with Crippen LogP contribution in [0.1, 0.15) is 39.4 Å². The van der Waals surface area contributed by atoms with Gasteiger partial charge in [0.15, 0.2) is 0 Å². The molecule has 0 radical (unpaired) electrons. The summed E-state index contributed by atoms with van der Waals surface area (Å²) in [4.78, 5) is 8.43. The summed E-state index contributed by atoms with van der Waals surface area (Å²) in [6.07, 6.45) is 1.59. The van der Waals surface area contributed by atoms with Gasteiger partial charge in [-0.1, -0.05) is 0 Å². The van der Waals surface area contributed by atoms with Crippen LogP contribution in [0.5, 0.6) is 5.88 Å². The van der Waals surface area contributed by atoms with E-state index in [1.54, 1.807) is 6.20 Å². The number of aromatic nitrogens is 2. The minimum absolute atomic E-state index is 0.208. The first kappa shape index (κ1) is 15.7. The lowest BCUT2D eigenvalue weighted by Gasteiger charge is -2.26. The van der Waals surface area contributed by atoms with Gasteiger partial charge >= 0.3 is 0 Å². The molecule has 1 aromatic rings. The lowest BCUT2D eigenvalue weighted by atomic mass is 10.2. The van der Waals surface area contributed by atoms with Crippen LogP contribution in [0.25, 0.3) is 0 Å². The van der Waals surface area contributed by atoms with Gasteiger partial charge in [-0.25, -0.2) is 4.98 Å². The topological polar surface area (TPSA) is 70.1 Å². The molecule has 7 heteroatoms. The van der Waals surface area contributed by atoms with Gasteiger partial charge in [-0.15, -0.1) is 4.72 Å². The van der Waals surface area contributed by atoms with E-state index in [9.17, 15) is 4.55 Å². The maximum Gasteiger partial charge on any atom is 0.238 e. The van der Waals surface area contributed by atoms with E-state index < -0.39 is 11.4 Å². The van der Waals surface area contributed by atoms with Crippen molar-refractivity contribution in [3.8, 4) is 5.88 Å². The van der Waals surface area contributed by atoms with Crippen LogP contribution >= 0.6 is 15.9 Å². The third-order valence-electron chi connectivity index (χ3n) is 2.18. The zero-order valence-corrected chi connectivity index (χ0v) is 13.6. The predicted molar refractivity (Wildman–Crippen MR) is 75.7 cm³/mol. The highest BCUT2D eigenvalue weighted by Crippen LogP contribution is 2.24. The molecular formula is C11H18BrN3O2S. The number of methoxy groups -OCH3 is 1. The van der Waals surface area contributed by atoms with Crippen LogP contribution in [0.15, 0.2) is 10.8 Å². The fourth-order valence-electron chi connectivity index (χ4n) is 1.20. The van der Waals surface area contributed by atoms with Crippen molar-refractivity contribution < 1.29 is 9.29 Å². The normalized spacial score (nSPS) is 15.3. The third-order valence-corrected chi connectivity index (χ3v) is 4.24. The predicted octanol–water partition coefficient (Wildman–Crippen LogP) is 2.36. The molecule has 0 saturated carbocycles. The lowest BCUT2D eigenvalue weighted by Crippen LogP contribution is -2.40. The summed E-state index contributed by atoms with van der Waals surface area (Å²) in [5.41, 5.74) is 0.637. The Morgan fingerprint density at radius 3 is 2.61 bits per heavy atom. The molecule has 2 unspecified atom stereocenters. The summed E-state index contributed by atoms with van der Waals surface area (Å²) in [5, 5.41) is 0. The summed E-state index contributed by atoms with van der Waals surface area (Å²) in [6, 6.07) is -0.208. The van der Waals surface area contributed by atoms with Gasteiger partial charge in [0.25, 0.3) is 0 Å². The second-order valence-electron chi connectivity index (χ2n) is 4.81. The average molecular weight is 336 g/mol. The van der Waals surface area contributed by atoms with Crippen molar-refractivity contribution in [1.29, 1.82) is 0 Å². The van der Waals surface area contributed by atoms with Gasteiger partial charge in [-0.05, 0) is 43.6 Å². The highest BCUT2D eigenvalue weighted by atomic mass is 79.9. The Hall–Kier alpha value is -0.370. The first-order chi connectivity index (χ1) is 8.25. The van der Waals surface area contributed by atoms with E-state index in [4.69, 9.17) is 4.74 Å². The van der Waals surface area contributed by atoms with Crippen molar-refractivity contribution in [3.63, 3.8) is 0 Å². The molecule has 1 aromatic heterocycles. The standard InChI is InChI=1S/C11H18BrN3O2S/c1-7(15-18(16)11(2,3)4)9-10(17-5)14-8(12)6-13-9/h6-7,15H,1-5H3. The molecule has 18 heavy (non-hydrogen) atoms. The summed E-state index contributed by atoms with van der Waals surface area (Å²) >= 11 is 2.07. The number of halogens is 1. The van der Waals surface area contributed by atoms with E-state index in [1.807, 2.05) is 27.7 Å². The largest absolute Gasteiger partial charge is 0.598 e. The molecule has 0 aromatic carbocycles. The highest BCUT2D eigenvalue weighted by Gasteiger charge is 2.29. The Bertz CT molecular complexity index is 412. The fraction of sp³-hybridized carbons (Fsp3) is 0.636. The number of nitrogens with zero attached hydrogens (tertiary/aromatic N) is 2. The number of hydrogen-bond acceptors (Lipinski definition) is 5. The van der Waals surface area contributed by atoms with Gasteiger partial charge in [0.2, 0.25) is 5.88 Å². The molecule has 0 bridgehead atoms. The zero-order valence-electron chi connectivity index (χ0n) is 11.2. The van der Waals surface area contributed by atoms with Crippen LogP contribution in [0.3, 0.4) is 0 Å². The molecule has 2 atom stereocenters. The molecular weight excluding hydrogens is 318 g/mol. The second-order valence-corrected chi connectivity index (χ2v) is 7.62. The molecule has 0 spiro atoms. The maximum atomic E-state index is 12.0. The Labute approximate surface area is 119 Å². The van der Waals surface area contributed by atoms with Gasteiger partial charge in [0.05, 0.1) is 19.3 Å². The van der Waals surface area contributed by atoms with Crippen molar-refractivity contribution in [2.75, 3.05) is 7.11 Å². The number of rotatable bonds is 4. The summed E-state index contributed by atoms with van der Waals surface area (Å²) in [5.74, 6) is 0.426. The molecule has 102 valence electrons. The van der Waals surface area contributed by atoms with Gasteiger partial charge < -0.3 is 9.29 Å². The van der Waals surface area contributed by atoms with E-state index in [0.717, 1.165) is 0 Å². The van der Waals surface area contributed by atoms with Crippen molar-refractivity contribution >= 4 is 27.3 Å². The lowest BCUT2D eigenvalue weighted by molar-refractivity contribution is 0.382. The number of ether oxygens (including phenoxy) is 1. The van der Waals surface area contributed by atoms with Gasteiger partial charge in [-0.2, -0.15) is 0 Å². The van der Waals surface area contributed by atoms with Crippen LogP contribution in [0, 0.1) is 0 Å². The Morgan fingerprint density at radius 1 is 1.50 bits per heavy atom. The second kappa shape index (κ2) is 6.18. The third kappa shape index (κ3) is 4.08. The Kier molecular flexibility index (Phi) is 5.39. The average Bonchev–Trinajstić information content (AvgIpc) is 2.27. The maximum absolute atomic E-state index is 12.0. The molecule has 0 aliphatic heterocycles. The SMILES string of the molecule is COc1nc(Br)cnc1C(C)N[S+]([O-])C(C)(C)C. The van der Waals surface area contributed by atoms with E-state index in [2.05, 4.69) is 30.6 Å². The summed E-state index contributed by atoms with van der Waals surface area (Å²) in [7, 11) is 1.54. The van der Waals surface area contributed by atoms with Crippen LogP contribution in [0.2, 0.25) is 0 Å². The first-order valence-electron chi connectivity index (χ1n) is 5.50. The molecule has 1 N–H and O–H groups in total. The van der Waals surface area contributed by atoms with Gasteiger partial charge in [-0.3, -0.25) is 4.98 Å². The molecule has 1 rings (SSSR count). The summed E-state index contributed by atoms with van der Waals surface area (Å²) in [6.45, 7) is 7.61. The smallest absolute Gasteiger partial charge is 0.238 e. The Morgan fingerprint density at radius 2 is 2.11 bits per heavy atom. The minimum atomic E-state index is -1.17. The molecule has 5 nitrogen and oxygen atoms in total. The van der Waals surface area contributed by atoms with E-state index in [-0.39, 0.29) is 10.8 Å².